The molecule has 3 rings (SSSR count). The first kappa shape index (κ1) is 18.2. The minimum Gasteiger partial charge on any atom is -0.461 e. The van der Waals surface area contributed by atoms with Crippen molar-refractivity contribution in [3.05, 3.63) is 30.1 Å². The van der Waals surface area contributed by atoms with E-state index in [0.717, 1.165) is 19.3 Å². The van der Waals surface area contributed by atoms with Gasteiger partial charge in [-0.3, -0.25) is 9.36 Å². The number of nitrogens with two attached hydrogens (primary N) is 1. The zero-order chi connectivity index (χ0) is 18.4. The quantitative estimate of drug-likeness (QED) is 0.535. The van der Waals surface area contributed by atoms with E-state index >= 15 is 0 Å². The Hall–Kier alpha value is -2.62. The highest BCUT2D eigenvalue weighted by molar-refractivity contribution is 7.98. The molecule has 9 nitrogen and oxygen atoms in total. The van der Waals surface area contributed by atoms with E-state index in [4.69, 9.17) is 14.7 Å². The van der Waals surface area contributed by atoms with Crippen molar-refractivity contribution in [1.82, 2.24) is 24.9 Å². The van der Waals surface area contributed by atoms with Gasteiger partial charge in [0, 0.05) is 19.4 Å². The van der Waals surface area contributed by atoms with Gasteiger partial charge in [0.2, 0.25) is 11.8 Å². The summed E-state index contributed by atoms with van der Waals surface area (Å²) in [5.41, 5.74) is 5.28. The minimum atomic E-state index is -0.390. The summed E-state index contributed by atoms with van der Waals surface area (Å²) in [5, 5.41) is 13.0. The Morgan fingerprint density at radius 3 is 3.00 bits per heavy atom. The molecular weight excluding hydrogens is 356 g/mol. The number of aromatic nitrogens is 5. The van der Waals surface area contributed by atoms with Crippen LogP contribution in [0.4, 0.5) is 0 Å². The molecule has 0 radical (unpaired) electrons. The molecule has 0 aliphatic rings. The number of hydrogen-bond acceptors (Lipinski definition) is 8. The van der Waals surface area contributed by atoms with Gasteiger partial charge < -0.3 is 14.7 Å². The second-order valence-corrected chi connectivity index (χ2v) is 6.59. The average molecular weight is 376 g/mol. The number of primary amides is 1. The van der Waals surface area contributed by atoms with Crippen molar-refractivity contribution in [2.45, 2.75) is 50.1 Å². The van der Waals surface area contributed by atoms with Gasteiger partial charge >= 0.3 is 0 Å². The van der Waals surface area contributed by atoms with Crippen LogP contribution in [0.2, 0.25) is 0 Å². The number of aryl methyl sites for hydroxylation is 1. The fraction of sp³-hybridized carbons (Fsp3) is 0.438. The van der Waals surface area contributed by atoms with Crippen LogP contribution < -0.4 is 5.73 Å². The fourth-order valence-electron chi connectivity index (χ4n) is 2.31. The summed E-state index contributed by atoms with van der Waals surface area (Å²) >= 11 is 1.42. The number of carbonyl (C=O) groups excluding carboxylic acids is 1. The molecule has 3 aromatic heterocycles. The third-order valence-corrected chi connectivity index (χ3v) is 4.59. The largest absolute Gasteiger partial charge is 0.461 e. The number of unbranched alkanes of at least 4 members (excludes halogenated alkanes) is 1. The van der Waals surface area contributed by atoms with E-state index in [9.17, 15) is 4.79 Å². The first-order valence-electron chi connectivity index (χ1n) is 8.37. The second kappa shape index (κ2) is 8.65. The minimum absolute atomic E-state index is 0.183. The van der Waals surface area contributed by atoms with Crippen LogP contribution >= 0.6 is 11.8 Å². The molecule has 2 N–H and O–H groups in total. The van der Waals surface area contributed by atoms with Gasteiger partial charge in [0.1, 0.15) is 0 Å². The molecule has 0 aliphatic carbocycles. The van der Waals surface area contributed by atoms with Crippen LogP contribution in [0.3, 0.4) is 0 Å². The molecule has 26 heavy (non-hydrogen) atoms. The van der Waals surface area contributed by atoms with Gasteiger partial charge in [0.15, 0.2) is 22.6 Å². The molecule has 0 aromatic carbocycles. The molecule has 0 fully saturated rings. The first-order valence-corrected chi connectivity index (χ1v) is 9.35. The molecule has 3 aromatic rings. The summed E-state index contributed by atoms with van der Waals surface area (Å²) in [6.07, 6.45) is 4.62. The van der Waals surface area contributed by atoms with Crippen molar-refractivity contribution in [1.29, 1.82) is 0 Å². The van der Waals surface area contributed by atoms with Crippen LogP contribution in [-0.4, -0.2) is 30.8 Å². The lowest BCUT2D eigenvalue weighted by molar-refractivity contribution is -0.118. The maximum Gasteiger partial charge on any atom is 0.226 e. The monoisotopic (exact) mass is 376 g/mol. The zero-order valence-electron chi connectivity index (χ0n) is 14.4. The molecule has 0 saturated heterocycles. The molecule has 0 bridgehead atoms. The molecule has 0 unspecified atom stereocenters. The maximum absolute atomic E-state index is 11.2. The van der Waals surface area contributed by atoms with Gasteiger partial charge in [0.25, 0.3) is 0 Å². The molecule has 0 aliphatic heterocycles. The third kappa shape index (κ3) is 4.51. The number of amides is 1. The molecule has 3 heterocycles. The second-order valence-electron chi connectivity index (χ2n) is 5.65. The Morgan fingerprint density at radius 1 is 1.38 bits per heavy atom. The summed E-state index contributed by atoms with van der Waals surface area (Å²) < 4.78 is 12.4. The van der Waals surface area contributed by atoms with Crippen LogP contribution in [0.5, 0.6) is 0 Å². The number of thioether (sulfide) groups is 1. The zero-order valence-corrected chi connectivity index (χ0v) is 15.2. The highest BCUT2D eigenvalue weighted by atomic mass is 32.2. The van der Waals surface area contributed by atoms with Gasteiger partial charge in [-0.2, -0.15) is 4.98 Å². The SMILES string of the molecule is CCCCc1nc(CSc2nnc(-c3ccco3)n2CCC(N)=O)no1. The van der Waals surface area contributed by atoms with Gasteiger partial charge in [-0.1, -0.05) is 30.3 Å². The highest BCUT2D eigenvalue weighted by Gasteiger charge is 2.18. The van der Waals surface area contributed by atoms with E-state index in [2.05, 4.69) is 27.3 Å². The normalized spacial score (nSPS) is 11.1. The molecule has 138 valence electrons. The lowest BCUT2D eigenvalue weighted by Gasteiger charge is -2.07. The smallest absolute Gasteiger partial charge is 0.226 e. The third-order valence-electron chi connectivity index (χ3n) is 3.62. The molecule has 0 atom stereocenters. The van der Waals surface area contributed by atoms with E-state index in [1.165, 1.54) is 11.8 Å². The van der Waals surface area contributed by atoms with Crippen LogP contribution in [0, 0.1) is 0 Å². The average Bonchev–Trinajstić information content (AvgIpc) is 3.36. The van der Waals surface area contributed by atoms with E-state index in [1.54, 1.807) is 18.4 Å². The molecule has 0 saturated carbocycles. The van der Waals surface area contributed by atoms with Gasteiger partial charge in [-0.15, -0.1) is 10.2 Å². The lowest BCUT2D eigenvalue weighted by atomic mass is 10.2. The molecule has 10 heteroatoms. The number of furan rings is 1. The maximum atomic E-state index is 11.2. The standard InChI is InChI=1S/C16H20N6O3S/c1-2-3-6-14-18-13(21-25-14)10-26-16-20-19-15(11-5-4-9-24-11)22(16)8-7-12(17)23/h4-5,9H,2-3,6-8,10H2,1H3,(H2,17,23). The van der Waals surface area contributed by atoms with E-state index < -0.39 is 5.91 Å². The Labute approximate surface area is 154 Å². The molecule has 0 spiro atoms. The summed E-state index contributed by atoms with van der Waals surface area (Å²) in [6.45, 7) is 2.48. The van der Waals surface area contributed by atoms with Crippen molar-refractivity contribution in [2.24, 2.45) is 5.73 Å². The van der Waals surface area contributed by atoms with E-state index in [1.807, 2.05) is 4.57 Å². The van der Waals surface area contributed by atoms with Gasteiger partial charge in [0.05, 0.1) is 12.0 Å². The predicted octanol–water partition coefficient (Wildman–Crippen LogP) is 2.43. The summed E-state index contributed by atoms with van der Waals surface area (Å²) in [6, 6.07) is 3.56. The first-order chi connectivity index (χ1) is 12.7. The summed E-state index contributed by atoms with van der Waals surface area (Å²) in [4.78, 5) is 15.6. The van der Waals surface area contributed by atoms with Crippen LogP contribution in [-0.2, 0) is 23.5 Å². The van der Waals surface area contributed by atoms with Gasteiger partial charge in [-0.05, 0) is 18.6 Å². The van der Waals surface area contributed by atoms with Crippen molar-refractivity contribution < 1.29 is 13.7 Å². The van der Waals surface area contributed by atoms with Crippen molar-refractivity contribution >= 4 is 17.7 Å². The van der Waals surface area contributed by atoms with Crippen molar-refractivity contribution in [3.8, 4) is 11.6 Å². The van der Waals surface area contributed by atoms with Crippen LogP contribution in [0.1, 0.15) is 37.9 Å². The Kier molecular flexibility index (Phi) is 6.05. The Bertz CT molecular complexity index is 842. The number of carbonyl (C=O) groups is 1. The summed E-state index contributed by atoms with van der Waals surface area (Å²) in [5.74, 6) is 2.48. The number of rotatable bonds is 10. The van der Waals surface area contributed by atoms with Crippen LogP contribution in [0.15, 0.2) is 32.5 Å². The fourth-order valence-corrected chi connectivity index (χ4v) is 3.12. The number of nitrogens with zero attached hydrogens (tertiary/aromatic N) is 5. The van der Waals surface area contributed by atoms with Gasteiger partial charge in [-0.25, -0.2) is 0 Å². The molecule has 1 amide bonds. The number of hydrogen-bond donors (Lipinski definition) is 1. The Morgan fingerprint density at radius 2 is 2.27 bits per heavy atom. The van der Waals surface area contributed by atoms with E-state index in [0.29, 0.717) is 40.8 Å². The Balaban J connectivity index is 1.72. The van der Waals surface area contributed by atoms with Crippen molar-refractivity contribution in [2.75, 3.05) is 0 Å². The molecular formula is C16H20N6O3S. The summed E-state index contributed by atoms with van der Waals surface area (Å²) in [7, 11) is 0. The topological polar surface area (TPSA) is 126 Å². The lowest BCUT2D eigenvalue weighted by Crippen LogP contribution is -2.15. The van der Waals surface area contributed by atoms with Crippen molar-refractivity contribution in [3.63, 3.8) is 0 Å². The predicted molar refractivity (Wildman–Crippen MR) is 94.0 cm³/mol. The van der Waals surface area contributed by atoms with E-state index in [-0.39, 0.29) is 6.42 Å². The highest BCUT2D eigenvalue weighted by Crippen LogP contribution is 2.26. The van der Waals surface area contributed by atoms with Crippen LogP contribution in [0.25, 0.3) is 11.6 Å².